The second-order valence-corrected chi connectivity index (χ2v) is 20.8. The van der Waals surface area contributed by atoms with Gasteiger partial charge in [0.15, 0.2) is 0 Å². The van der Waals surface area contributed by atoms with E-state index >= 15 is 0 Å². The van der Waals surface area contributed by atoms with Crippen LogP contribution in [0.15, 0.2) is 59.4 Å². The number of hydrogen-bond acceptors (Lipinski definition) is 9. The maximum atomic E-state index is 14.5. The largest absolute Gasteiger partial charge is 0.459 e. The first-order valence-corrected chi connectivity index (χ1v) is 22.5. The van der Waals surface area contributed by atoms with E-state index < -0.39 is 61.5 Å². The molecule has 0 unspecified atom stereocenters. The highest BCUT2D eigenvalue weighted by atomic mass is 32.2. The Labute approximate surface area is 343 Å². The molecule has 5 aliphatic rings. The van der Waals surface area contributed by atoms with Crippen molar-refractivity contribution in [3.05, 3.63) is 60.0 Å². The number of carbonyl (C=O) groups excluding carboxylic acids is 3. The Bertz CT molecular complexity index is 2210. The fourth-order valence-corrected chi connectivity index (χ4v) is 10.3. The third-order valence-corrected chi connectivity index (χ3v) is 15.1. The molecule has 2 spiro atoms. The zero-order chi connectivity index (χ0) is 41.9. The molecule has 14 heteroatoms. The number of likely N-dealkylation sites (tertiary alicyclic amines) is 1. The van der Waals surface area contributed by atoms with Crippen LogP contribution in [-0.2, 0) is 24.4 Å². The number of aromatic nitrogens is 2. The molecule has 1 aromatic heterocycles. The summed E-state index contributed by atoms with van der Waals surface area (Å²) in [5, 5.41) is 6.48. The van der Waals surface area contributed by atoms with Gasteiger partial charge in [0.25, 0.3) is 11.9 Å². The topological polar surface area (TPSA) is 164 Å². The zero-order valence-electron chi connectivity index (χ0n) is 35.4. The summed E-state index contributed by atoms with van der Waals surface area (Å²) in [6, 6.07) is 5.66. The SMILES string of the molecule is C=C[C@@H]1C[C@@]12NC(=O)[C@@H]1C[C@H](CN1C(=O)[C@@H](C)C(C)(C)C)Oc1nc3c(cccc3n1C(C)C)C1=NC(NC(C)C)=C(CCC=CCCC3(CC3)S(=O)(=O)NC2=O)C1. The van der Waals surface area contributed by atoms with Crippen molar-refractivity contribution in [2.75, 3.05) is 6.54 Å². The van der Waals surface area contributed by atoms with E-state index in [4.69, 9.17) is 14.7 Å². The number of imidazole rings is 1. The number of aliphatic imine (C=N–C) groups is 1. The minimum atomic E-state index is -4.06. The molecule has 13 nitrogen and oxygen atoms in total. The Morgan fingerprint density at radius 3 is 2.45 bits per heavy atom. The van der Waals surface area contributed by atoms with Crippen molar-refractivity contribution >= 4 is 44.5 Å². The van der Waals surface area contributed by atoms with Crippen LogP contribution in [0.2, 0.25) is 0 Å². The highest BCUT2D eigenvalue weighted by molar-refractivity contribution is 7.91. The Kier molecular flexibility index (Phi) is 11.0. The summed E-state index contributed by atoms with van der Waals surface area (Å²) in [7, 11) is -4.06. The summed E-state index contributed by atoms with van der Waals surface area (Å²) in [4.78, 5) is 54.5. The molecule has 3 N–H and O–H groups in total. The first kappa shape index (κ1) is 41.7. The lowest BCUT2D eigenvalue weighted by atomic mass is 9.81. The Morgan fingerprint density at radius 2 is 1.81 bits per heavy atom. The molecule has 3 fully saturated rings. The van der Waals surface area contributed by atoms with Gasteiger partial charge < -0.3 is 20.3 Å². The number of nitrogens with zero attached hydrogens (tertiary/aromatic N) is 4. The van der Waals surface area contributed by atoms with E-state index in [9.17, 15) is 22.8 Å². The molecule has 1 saturated heterocycles. The van der Waals surface area contributed by atoms with Crippen LogP contribution in [0, 0.1) is 17.3 Å². The fourth-order valence-electron chi connectivity index (χ4n) is 8.65. The molecule has 2 saturated carbocycles. The van der Waals surface area contributed by atoms with Crippen LogP contribution >= 0.6 is 0 Å². The molecule has 1 aromatic carbocycles. The average molecular weight is 816 g/mol. The number of benzene rings is 1. The Hall–Kier alpha value is -4.46. The first-order chi connectivity index (χ1) is 27.3. The minimum Gasteiger partial charge on any atom is -0.459 e. The lowest BCUT2D eigenvalue weighted by molar-refractivity contribution is -0.144. The van der Waals surface area contributed by atoms with Gasteiger partial charge in [-0.05, 0) is 89.7 Å². The number of amides is 3. The lowest BCUT2D eigenvalue weighted by Gasteiger charge is -2.33. The maximum Gasteiger partial charge on any atom is 0.297 e. The van der Waals surface area contributed by atoms with Crippen molar-refractivity contribution in [3.63, 3.8) is 0 Å². The van der Waals surface area contributed by atoms with Crippen LogP contribution in [0.5, 0.6) is 6.01 Å². The molecule has 2 aliphatic carbocycles. The van der Waals surface area contributed by atoms with Gasteiger partial charge in [0, 0.05) is 42.3 Å². The van der Waals surface area contributed by atoms with Gasteiger partial charge in [-0.1, -0.05) is 58.1 Å². The van der Waals surface area contributed by atoms with Gasteiger partial charge in [0.1, 0.15) is 29.0 Å². The molecule has 0 radical (unpaired) electrons. The lowest BCUT2D eigenvalue weighted by Crippen LogP contribution is -2.57. The third kappa shape index (κ3) is 7.73. The molecule has 6 bridgehead atoms. The summed E-state index contributed by atoms with van der Waals surface area (Å²) in [5.41, 5.74) is 2.81. The van der Waals surface area contributed by atoms with Crippen LogP contribution in [-0.4, -0.2) is 81.3 Å². The maximum absolute atomic E-state index is 14.5. The van der Waals surface area contributed by atoms with E-state index in [-0.39, 0.29) is 37.4 Å². The highest BCUT2D eigenvalue weighted by Gasteiger charge is 2.63. The van der Waals surface area contributed by atoms with Crippen LogP contribution in [0.3, 0.4) is 0 Å². The van der Waals surface area contributed by atoms with Gasteiger partial charge in [0.2, 0.25) is 21.8 Å². The van der Waals surface area contributed by atoms with E-state index in [1.165, 1.54) is 5.57 Å². The molecule has 3 amide bonds. The predicted molar refractivity (Wildman–Crippen MR) is 226 cm³/mol. The number of ether oxygens (including phenoxy) is 1. The zero-order valence-corrected chi connectivity index (χ0v) is 36.2. The van der Waals surface area contributed by atoms with Gasteiger partial charge in [-0.3, -0.25) is 23.7 Å². The first-order valence-electron chi connectivity index (χ1n) is 21.0. The summed E-state index contributed by atoms with van der Waals surface area (Å²) in [5.74, 6) is -1.54. The van der Waals surface area contributed by atoms with Crippen molar-refractivity contribution in [2.45, 2.75) is 148 Å². The van der Waals surface area contributed by atoms with Crippen molar-refractivity contribution in [1.29, 1.82) is 0 Å². The standard InChI is InChI=1S/C44H61N7O6S/c1-10-30-24-44(30)40(54)49-58(55,56)43(20-21-43)19-14-12-11-13-16-29-22-33(46-37(29)45-26(2)3)32-17-15-18-34-36(32)47-41(51(34)27(4)5)57-31-23-35(38(52)48-44)50(25-31)39(53)28(6)42(7,8)9/h10-12,15,17-18,26-28,30-31,35,45H,1,13-14,16,19-25H2,2-9H3,(H,48,52)(H,49,54)/t28-,30-,31-,35+,44-/m1/s1. The third-order valence-electron chi connectivity index (χ3n) is 12.9. The molecule has 5 atom stereocenters. The Morgan fingerprint density at radius 1 is 1.09 bits per heavy atom. The Balaban J connectivity index is 1.28. The summed E-state index contributed by atoms with van der Waals surface area (Å²) >= 11 is 0. The second-order valence-electron chi connectivity index (χ2n) is 18.8. The normalized spacial score (nSPS) is 27.7. The minimum absolute atomic E-state index is 0.0312. The smallest absolute Gasteiger partial charge is 0.297 e. The molecule has 58 heavy (non-hydrogen) atoms. The summed E-state index contributed by atoms with van der Waals surface area (Å²) < 4.78 is 37.8. The molecule has 3 aliphatic heterocycles. The second kappa shape index (κ2) is 15.3. The van der Waals surface area contributed by atoms with Gasteiger partial charge in [-0.2, -0.15) is 4.98 Å². The number of allylic oxidation sites excluding steroid dienone is 3. The highest BCUT2D eigenvalue weighted by Crippen LogP contribution is 2.49. The number of carbonyl (C=O) groups is 3. The van der Waals surface area contributed by atoms with Crippen LogP contribution in [0.25, 0.3) is 11.0 Å². The van der Waals surface area contributed by atoms with Crippen LogP contribution < -0.4 is 20.1 Å². The monoisotopic (exact) mass is 815 g/mol. The number of para-hydroxylation sites is 1. The molecule has 2 aromatic rings. The van der Waals surface area contributed by atoms with E-state index in [2.05, 4.69) is 61.8 Å². The van der Waals surface area contributed by atoms with E-state index in [0.29, 0.717) is 38.1 Å². The number of fused-ring (bicyclic) bond motifs is 6. The van der Waals surface area contributed by atoms with Crippen LogP contribution in [0.4, 0.5) is 0 Å². The molecular formula is C44H61N7O6S. The predicted octanol–water partition coefficient (Wildman–Crippen LogP) is 6.22. The number of rotatable bonds is 5. The van der Waals surface area contributed by atoms with Crippen LogP contribution in [0.1, 0.15) is 125 Å². The van der Waals surface area contributed by atoms with E-state index in [1.807, 2.05) is 50.5 Å². The van der Waals surface area contributed by atoms with Gasteiger partial charge in [-0.15, -0.1) is 6.58 Å². The molecule has 4 heterocycles. The van der Waals surface area contributed by atoms with Gasteiger partial charge >= 0.3 is 0 Å². The molecule has 314 valence electrons. The van der Waals surface area contributed by atoms with Gasteiger partial charge in [0.05, 0.1) is 22.5 Å². The number of hydrogen-bond donors (Lipinski definition) is 3. The van der Waals surface area contributed by atoms with E-state index in [1.54, 1.807) is 11.0 Å². The van der Waals surface area contributed by atoms with E-state index in [0.717, 1.165) is 41.0 Å². The number of nitrogens with one attached hydrogen (secondary N) is 3. The van der Waals surface area contributed by atoms with Crippen molar-refractivity contribution in [3.8, 4) is 6.01 Å². The van der Waals surface area contributed by atoms with Crippen molar-refractivity contribution < 1.29 is 27.5 Å². The molecular weight excluding hydrogens is 755 g/mol. The van der Waals surface area contributed by atoms with Crippen molar-refractivity contribution in [2.24, 2.45) is 22.2 Å². The van der Waals surface area contributed by atoms with Gasteiger partial charge in [-0.25, -0.2) is 13.4 Å². The quantitative estimate of drug-likeness (QED) is 0.300. The number of sulfonamides is 1. The average Bonchev–Trinajstić information content (AvgIpc) is 3.93. The summed E-state index contributed by atoms with van der Waals surface area (Å²) in [6.45, 7) is 20.1. The van der Waals surface area contributed by atoms with Crippen molar-refractivity contribution in [1.82, 2.24) is 29.8 Å². The summed E-state index contributed by atoms with van der Waals surface area (Å²) in [6.07, 6.45) is 9.52. The molecule has 7 rings (SSSR count). The fraction of sp³-hybridized carbons (Fsp3) is 0.614.